The molecule has 3 nitrogen and oxygen atoms in total. The molecule has 98 valence electrons. The molecule has 0 bridgehead atoms. The third-order valence-electron chi connectivity index (χ3n) is 2.82. The zero-order chi connectivity index (χ0) is 13.3. The zero-order valence-electron chi connectivity index (χ0n) is 12.0. The molecule has 0 aromatic heterocycles. The summed E-state index contributed by atoms with van der Waals surface area (Å²) in [5.41, 5.74) is -0.403. The largest absolute Gasteiger partial charge is 0.444 e. The molecular formula is C13H25NO2Si. The molecule has 0 aromatic carbocycles. The van der Waals surface area contributed by atoms with Crippen LogP contribution in [0.15, 0.2) is 11.3 Å². The SMILES string of the molecule is CC(C)(C)OC(=O)N1CC=C([Si](C)(C)C)CC1. The highest BCUT2D eigenvalue weighted by Gasteiger charge is 2.27. The fourth-order valence-corrected chi connectivity index (χ4v) is 3.41. The van der Waals surface area contributed by atoms with E-state index in [0.717, 1.165) is 13.0 Å². The Kier molecular flexibility index (Phi) is 4.07. The van der Waals surface area contributed by atoms with E-state index in [0.29, 0.717) is 6.54 Å². The summed E-state index contributed by atoms with van der Waals surface area (Å²) in [6.07, 6.45) is 3.04. The lowest BCUT2D eigenvalue weighted by Crippen LogP contribution is -2.41. The maximum atomic E-state index is 11.9. The van der Waals surface area contributed by atoms with Gasteiger partial charge in [0.2, 0.25) is 0 Å². The van der Waals surface area contributed by atoms with Crippen LogP contribution in [-0.4, -0.2) is 37.8 Å². The van der Waals surface area contributed by atoms with E-state index in [-0.39, 0.29) is 6.09 Å². The summed E-state index contributed by atoms with van der Waals surface area (Å²) in [5.74, 6) is 0. The predicted molar refractivity (Wildman–Crippen MR) is 73.9 cm³/mol. The number of rotatable bonds is 1. The average Bonchev–Trinajstić information content (AvgIpc) is 2.14. The van der Waals surface area contributed by atoms with Gasteiger partial charge in [0.15, 0.2) is 0 Å². The van der Waals surface area contributed by atoms with Crippen LogP contribution in [0.1, 0.15) is 27.2 Å². The van der Waals surface area contributed by atoms with Crippen molar-refractivity contribution in [2.75, 3.05) is 13.1 Å². The van der Waals surface area contributed by atoms with Gasteiger partial charge in [-0.3, -0.25) is 0 Å². The van der Waals surface area contributed by atoms with Crippen LogP contribution in [0.4, 0.5) is 4.79 Å². The van der Waals surface area contributed by atoms with Crippen molar-refractivity contribution >= 4 is 14.2 Å². The number of hydrogen-bond acceptors (Lipinski definition) is 2. The summed E-state index contributed by atoms with van der Waals surface area (Å²) in [6.45, 7) is 14.2. The van der Waals surface area contributed by atoms with Gasteiger partial charge in [0.1, 0.15) is 5.60 Å². The van der Waals surface area contributed by atoms with Crippen molar-refractivity contribution in [1.82, 2.24) is 4.90 Å². The van der Waals surface area contributed by atoms with Crippen LogP contribution in [0.2, 0.25) is 19.6 Å². The Balaban J connectivity index is 2.58. The van der Waals surface area contributed by atoms with Crippen molar-refractivity contribution < 1.29 is 9.53 Å². The van der Waals surface area contributed by atoms with Crippen LogP contribution in [-0.2, 0) is 4.74 Å². The maximum Gasteiger partial charge on any atom is 0.410 e. The molecule has 0 spiro atoms. The van der Waals surface area contributed by atoms with Crippen molar-refractivity contribution in [3.63, 3.8) is 0 Å². The summed E-state index contributed by atoms with van der Waals surface area (Å²) >= 11 is 0. The normalized spacial score (nSPS) is 17.8. The van der Waals surface area contributed by atoms with Crippen LogP contribution in [0, 0.1) is 0 Å². The van der Waals surface area contributed by atoms with E-state index in [1.54, 1.807) is 10.1 Å². The fourth-order valence-electron chi connectivity index (χ4n) is 1.84. The molecule has 0 aliphatic carbocycles. The second-order valence-corrected chi connectivity index (χ2v) is 11.8. The first-order valence-corrected chi connectivity index (χ1v) is 9.77. The second-order valence-electron chi connectivity index (χ2n) is 6.66. The molecule has 0 atom stereocenters. The maximum absolute atomic E-state index is 11.9. The highest BCUT2D eigenvalue weighted by atomic mass is 28.3. The Morgan fingerprint density at radius 2 is 1.94 bits per heavy atom. The van der Waals surface area contributed by atoms with E-state index in [1.807, 2.05) is 20.8 Å². The summed E-state index contributed by atoms with van der Waals surface area (Å²) in [4.78, 5) is 13.6. The number of hydrogen-bond donors (Lipinski definition) is 0. The van der Waals surface area contributed by atoms with Crippen molar-refractivity contribution in [3.05, 3.63) is 11.3 Å². The van der Waals surface area contributed by atoms with Gasteiger partial charge >= 0.3 is 6.09 Å². The van der Waals surface area contributed by atoms with Gasteiger partial charge in [-0.2, -0.15) is 0 Å². The van der Waals surface area contributed by atoms with Gasteiger partial charge in [0.25, 0.3) is 0 Å². The highest BCUT2D eigenvalue weighted by molar-refractivity contribution is 6.83. The molecular weight excluding hydrogens is 230 g/mol. The Morgan fingerprint density at radius 3 is 2.29 bits per heavy atom. The smallest absolute Gasteiger partial charge is 0.410 e. The van der Waals surface area contributed by atoms with Crippen LogP contribution in [0.25, 0.3) is 0 Å². The molecule has 0 saturated heterocycles. The molecule has 1 aliphatic rings. The Labute approximate surface area is 106 Å². The molecule has 1 amide bonds. The Morgan fingerprint density at radius 1 is 1.35 bits per heavy atom. The van der Waals surface area contributed by atoms with Gasteiger partial charge in [-0.15, -0.1) is 0 Å². The van der Waals surface area contributed by atoms with Crippen LogP contribution in [0.3, 0.4) is 0 Å². The zero-order valence-corrected chi connectivity index (χ0v) is 13.0. The minimum Gasteiger partial charge on any atom is -0.444 e. The first-order valence-electron chi connectivity index (χ1n) is 6.27. The van der Waals surface area contributed by atoms with E-state index < -0.39 is 13.7 Å². The standard InChI is InChI=1S/C13H25NO2Si/c1-13(2,3)16-12(15)14-9-7-11(8-10-14)17(4,5)6/h7H,8-10H2,1-6H3. The molecule has 0 fully saturated rings. The topological polar surface area (TPSA) is 29.5 Å². The van der Waals surface area contributed by atoms with Crippen molar-refractivity contribution in [2.24, 2.45) is 0 Å². The van der Waals surface area contributed by atoms with Crippen molar-refractivity contribution in [1.29, 1.82) is 0 Å². The highest BCUT2D eigenvalue weighted by Crippen LogP contribution is 2.22. The van der Waals surface area contributed by atoms with Gasteiger partial charge in [-0.1, -0.05) is 30.9 Å². The van der Waals surface area contributed by atoms with E-state index in [9.17, 15) is 4.79 Å². The number of carbonyl (C=O) groups is 1. The third kappa shape index (κ3) is 4.54. The third-order valence-corrected chi connectivity index (χ3v) is 5.20. The first kappa shape index (κ1) is 14.3. The molecule has 0 saturated carbocycles. The van der Waals surface area contributed by atoms with Gasteiger partial charge in [-0.25, -0.2) is 4.79 Å². The second kappa shape index (κ2) is 4.84. The lowest BCUT2D eigenvalue weighted by atomic mass is 10.2. The summed E-state index contributed by atoms with van der Waals surface area (Å²) in [7, 11) is -1.19. The van der Waals surface area contributed by atoms with Gasteiger partial charge < -0.3 is 9.64 Å². The van der Waals surface area contributed by atoms with Crippen LogP contribution < -0.4 is 0 Å². The summed E-state index contributed by atoms with van der Waals surface area (Å²) in [6, 6.07) is 0. The van der Waals surface area contributed by atoms with Crippen LogP contribution >= 0.6 is 0 Å². The number of amides is 1. The Hall–Kier alpha value is -0.773. The minimum atomic E-state index is -1.19. The molecule has 0 radical (unpaired) electrons. The van der Waals surface area contributed by atoms with E-state index in [4.69, 9.17) is 4.74 Å². The molecule has 0 aromatic rings. The Bertz CT molecular complexity index is 323. The van der Waals surface area contributed by atoms with Gasteiger partial charge in [0, 0.05) is 13.1 Å². The molecule has 1 aliphatic heterocycles. The lowest BCUT2D eigenvalue weighted by molar-refractivity contribution is 0.0267. The quantitative estimate of drug-likeness (QED) is 0.672. The monoisotopic (exact) mass is 255 g/mol. The number of carbonyl (C=O) groups excluding carboxylic acids is 1. The molecule has 1 rings (SSSR count). The van der Waals surface area contributed by atoms with E-state index in [1.165, 1.54) is 0 Å². The molecule has 17 heavy (non-hydrogen) atoms. The predicted octanol–water partition coefficient (Wildman–Crippen LogP) is 3.43. The van der Waals surface area contributed by atoms with E-state index >= 15 is 0 Å². The molecule has 0 unspecified atom stereocenters. The average molecular weight is 255 g/mol. The fraction of sp³-hybridized carbons (Fsp3) is 0.769. The van der Waals surface area contributed by atoms with Crippen molar-refractivity contribution in [3.8, 4) is 0 Å². The summed E-state index contributed by atoms with van der Waals surface area (Å²) < 4.78 is 5.37. The number of ether oxygens (including phenoxy) is 1. The lowest BCUT2D eigenvalue weighted by Gasteiger charge is -2.32. The molecule has 1 heterocycles. The molecule has 4 heteroatoms. The van der Waals surface area contributed by atoms with Crippen molar-refractivity contribution in [2.45, 2.75) is 52.4 Å². The minimum absolute atomic E-state index is 0.191. The molecule has 0 N–H and O–H groups in total. The first-order chi connectivity index (χ1) is 7.59. The van der Waals surface area contributed by atoms with Gasteiger partial charge in [0.05, 0.1) is 8.07 Å². The summed E-state index contributed by atoms with van der Waals surface area (Å²) in [5, 5.41) is 1.57. The van der Waals surface area contributed by atoms with E-state index in [2.05, 4.69) is 25.7 Å². The van der Waals surface area contributed by atoms with Gasteiger partial charge in [-0.05, 0) is 27.2 Å². The van der Waals surface area contributed by atoms with Crippen LogP contribution in [0.5, 0.6) is 0 Å². The number of nitrogens with zero attached hydrogens (tertiary/aromatic N) is 1.